The van der Waals surface area contributed by atoms with Gasteiger partial charge in [-0.2, -0.15) is 0 Å². The molecule has 142 valence electrons. The highest BCUT2D eigenvalue weighted by Crippen LogP contribution is 2.35. The van der Waals surface area contributed by atoms with Gasteiger partial charge in [-0.1, -0.05) is 6.07 Å². The van der Waals surface area contributed by atoms with E-state index in [0.29, 0.717) is 31.1 Å². The summed E-state index contributed by atoms with van der Waals surface area (Å²) in [4.78, 5) is 18.4. The molecule has 1 aromatic carbocycles. The van der Waals surface area contributed by atoms with Crippen LogP contribution in [0.15, 0.2) is 42.7 Å². The maximum Gasteiger partial charge on any atom is 0.241 e. The second kappa shape index (κ2) is 7.81. The standard InChI is InChI=1S/C19H22N4O4/c1-23(10-13-3-2-6-20-9-13)19(24)16-7-14(21-22-16)11-25-15-4-5-17-18(8-15)27-12-26-17/h2-6,8-9,14,16,21-22H,7,10-12H2,1H3. The fourth-order valence-electron chi connectivity index (χ4n) is 3.17. The number of pyridine rings is 1. The van der Waals surface area contributed by atoms with Gasteiger partial charge in [-0.05, 0) is 30.2 Å². The minimum absolute atomic E-state index is 0.0381. The Hall–Kier alpha value is -2.84. The van der Waals surface area contributed by atoms with Gasteiger partial charge >= 0.3 is 0 Å². The first-order valence-electron chi connectivity index (χ1n) is 8.86. The molecule has 27 heavy (non-hydrogen) atoms. The van der Waals surface area contributed by atoms with Crippen LogP contribution in [0.2, 0.25) is 0 Å². The van der Waals surface area contributed by atoms with Gasteiger partial charge in [0.05, 0.1) is 6.04 Å². The number of hydrogen-bond acceptors (Lipinski definition) is 7. The van der Waals surface area contributed by atoms with Crippen LogP contribution in [0.5, 0.6) is 17.2 Å². The van der Waals surface area contributed by atoms with E-state index in [2.05, 4.69) is 15.8 Å². The van der Waals surface area contributed by atoms with Gasteiger partial charge < -0.3 is 19.1 Å². The number of hydrogen-bond donors (Lipinski definition) is 2. The largest absolute Gasteiger partial charge is 0.492 e. The molecule has 2 unspecified atom stereocenters. The van der Waals surface area contributed by atoms with Crippen LogP contribution >= 0.6 is 0 Å². The van der Waals surface area contributed by atoms with Crippen LogP contribution in [0, 0.1) is 0 Å². The highest BCUT2D eigenvalue weighted by Gasteiger charge is 2.31. The number of fused-ring (bicyclic) bond motifs is 1. The summed E-state index contributed by atoms with van der Waals surface area (Å²) in [6, 6.07) is 9.08. The van der Waals surface area contributed by atoms with Gasteiger partial charge in [-0.3, -0.25) is 15.2 Å². The molecule has 2 atom stereocenters. The van der Waals surface area contributed by atoms with Crippen LogP contribution in [0.1, 0.15) is 12.0 Å². The van der Waals surface area contributed by atoms with Crippen LogP contribution < -0.4 is 25.1 Å². The van der Waals surface area contributed by atoms with Crippen LogP contribution in [0.25, 0.3) is 0 Å². The lowest BCUT2D eigenvalue weighted by molar-refractivity contribution is -0.132. The van der Waals surface area contributed by atoms with Gasteiger partial charge in [0.15, 0.2) is 11.5 Å². The molecule has 0 saturated carbocycles. The number of hydrazine groups is 1. The fraction of sp³-hybridized carbons (Fsp3) is 0.368. The smallest absolute Gasteiger partial charge is 0.241 e. The molecule has 0 spiro atoms. The predicted molar refractivity (Wildman–Crippen MR) is 97.2 cm³/mol. The van der Waals surface area contributed by atoms with E-state index in [9.17, 15) is 4.79 Å². The predicted octanol–water partition coefficient (Wildman–Crippen LogP) is 1.08. The van der Waals surface area contributed by atoms with Gasteiger partial charge in [0, 0.05) is 32.1 Å². The van der Waals surface area contributed by atoms with Crippen molar-refractivity contribution < 1.29 is 19.0 Å². The number of aromatic nitrogens is 1. The van der Waals surface area contributed by atoms with Crippen LogP contribution in [0.3, 0.4) is 0 Å². The fourth-order valence-corrected chi connectivity index (χ4v) is 3.17. The number of benzene rings is 1. The molecule has 2 N–H and O–H groups in total. The second-order valence-electron chi connectivity index (χ2n) is 6.66. The molecular formula is C19H22N4O4. The summed E-state index contributed by atoms with van der Waals surface area (Å²) in [7, 11) is 1.80. The number of likely N-dealkylation sites (N-methyl/N-ethyl adjacent to an activating group) is 1. The molecule has 0 aliphatic carbocycles. The number of carbonyl (C=O) groups is 1. The SMILES string of the molecule is CN(Cc1cccnc1)C(=O)C1CC(COc2ccc3c(c2)OCO3)NN1. The van der Waals surface area contributed by atoms with Gasteiger partial charge in [-0.25, -0.2) is 5.43 Å². The summed E-state index contributed by atoms with van der Waals surface area (Å²) in [5.41, 5.74) is 7.21. The maximum absolute atomic E-state index is 12.6. The molecule has 1 aromatic heterocycles. The third-order valence-electron chi connectivity index (χ3n) is 4.59. The monoisotopic (exact) mass is 370 g/mol. The molecule has 1 amide bonds. The summed E-state index contributed by atoms with van der Waals surface area (Å²) in [6.07, 6.45) is 4.14. The number of nitrogens with one attached hydrogen (secondary N) is 2. The van der Waals surface area contributed by atoms with Gasteiger partial charge in [0.1, 0.15) is 18.4 Å². The van der Waals surface area contributed by atoms with Crippen molar-refractivity contribution in [1.29, 1.82) is 0 Å². The first-order chi connectivity index (χ1) is 13.2. The van der Waals surface area contributed by atoms with E-state index in [-0.39, 0.29) is 24.8 Å². The zero-order chi connectivity index (χ0) is 18.6. The second-order valence-corrected chi connectivity index (χ2v) is 6.66. The van der Waals surface area contributed by atoms with Crippen LogP contribution in [0.4, 0.5) is 0 Å². The highest BCUT2D eigenvalue weighted by atomic mass is 16.7. The molecular weight excluding hydrogens is 348 g/mol. The molecule has 2 aliphatic rings. The van der Waals surface area contributed by atoms with Crippen molar-refractivity contribution in [2.45, 2.75) is 25.0 Å². The topological polar surface area (TPSA) is 85.0 Å². The minimum atomic E-state index is -0.281. The van der Waals surface area contributed by atoms with Gasteiger partial charge in [-0.15, -0.1) is 0 Å². The zero-order valence-electron chi connectivity index (χ0n) is 15.1. The molecule has 2 aliphatic heterocycles. The molecule has 0 radical (unpaired) electrons. The first-order valence-corrected chi connectivity index (χ1v) is 8.86. The van der Waals surface area contributed by atoms with E-state index in [4.69, 9.17) is 14.2 Å². The molecule has 4 rings (SSSR count). The Kier molecular flexibility index (Phi) is 5.08. The Morgan fingerprint density at radius 1 is 1.30 bits per heavy atom. The number of amides is 1. The Bertz CT molecular complexity index is 802. The van der Waals surface area contributed by atoms with Gasteiger partial charge in [0.2, 0.25) is 12.7 Å². The number of ether oxygens (including phenoxy) is 3. The van der Waals surface area contributed by atoms with Crippen LogP contribution in [-0.4, -0.2) is 48.3 Å². The minimum Gasteiger partial charge on any atom is -0.492 e. The van der Waals surface area contributed by atoms with Crippen molar-refractivity contribution in [2.75, 3.05) is 20.4 Å². The average molecular weight is 370 g/mol. The Labute approximate surface area is 157 Å². The van der Waals surface area contributed by atoms with Crippen molar-refractivity contribution in [3.8, 4) is 17.2 Å². The summed E-state index contributed by atoms with van der Waals surface area (Å²) < 4.78 is 16.5. The van der Waals surface area contributed by atoms with E-state index in [1.54, 1.807) is 24.3 Å². The third-order valence-corrected chi connectivity index (χ3v) is 4.59. The molecule has 2 aromatic rings. The van der Waals surface area contributed by atoms with Crippen molar-refractivity contribution >= 4 is 5.91 Å². The lowest BCUT2D eigenvalue weighted by Crippen LogP contribution is -2.44. The van der Waals surface area contributed by atoms with Crippen molar-refractivity contribution in [3.63, 3.8) is 0 Å². The van der Waals surface area contributed by atoms with E-state index < -0.39 is 0 Å². The summed E-state index contributed by atoms with van der Waals surface area (Å²) in [6.45, 7) is 1.22. The van der Waals surface area contributed by atoms with E-state index in [1.807, 2.05) is 30.3 Å². The molecule has 1 fully saturated rings. The van der Waals surface area contributed by atoms with Crippen molar-refractivity contribution in [1.82, 2.24) is 20.7 Å². The van der Waals surface area contributed by atoms with Gasteiger partial charge in [0.25, 0.3) is 0 Å². The van der Waals surface area contributed by atoms with E-state index >= 15 is 0 Å². The first kappa shape index (κ1) is 17.6. The summed E-state index contributed by atoms with van der Waals surface area (Å²) in [5, 5.41) is 0. The molecule has 0 bridgehead atoms. The average Bonchev–Trinajstić information content (AvgIpc) is 3.35. The molecule has 8 nitrogen and oxygen atoms in total. The molecule has 1 saturated heterocycles. The summed E-state index contributed by atoms with van der Waals surface area (Å²) in [5.74, 6) is 2.17. The number of carbonyl (C=O) groups excluding carboxylic acids is 1. The lowest BCUT2D eigenvalue weighted by Gasteiger charge is -2.20. The van der Waals surface area contributed by atoms with Crippen LogP contribution in [-0.2, 0) is 11.3 Å². The maximum atomic E-state index is 12.6. The third kappa shape index (κ3) is 4.12. The Balaban J connectivity index is 1.26. The number of rotatable bonds is 6. The summed E-state index contributed by atoms with van der Waals surface area (Å²) >= 11 is 0. The Morgan fingerprint density at radius 2 is 2.19 bits per heavy atom. The van der Waals surface area contributed by atoms with Crippen molar-refractivity contribution in [3.05, 3.63) is 48.3 Å². The van der Waals surface area contributed by atoms with E-state index in [0.717, 1.165) is 11.3 Å². The molecule has 3 heterocycles. The molecule has 8 heteroatoms. The zero-order valence-corrected chi connectivity index (χ0v) is 15.1. The quantitative estimate of drug-likeness (QED) is 0.787. The van der Waals surface area contributed by atoms with E-state index in [1.165, 1.54) is 0 Å². The normalized spacial score (nSPS) is 20.5. The Morgan fingerprint density at radius 3 is 3.04 bits per heavy atom. The lowest BCUT2D eigenvalue weighted by atomic mass is 10.1. The highest BCUT2D eigenvalue weighted by molar-refractivity contribution is 5.82. The number of nitrogens with zero attached hydrogens (tertiary/aromatic N) is 2. The van der Waals surface area contributed by atoms with Crippen molar-refractivity contribution in [2.24, 2.45) is 0 Å².